The molecule has 0 bridgehead atoms. The van der Waals surface area contributed by atoms with E-state index in [2.05, 4.69) is 10.4 Å². The number of aromatic nitrogens is 2. The van der Waals surface area contributed by atoms with Gasteiger partial charge in [-0.1, -0.05) is 30.3 Å². The molecule has 2 unspecified atom stereocenters. The van der Waals surface area contributed by atoms with Crippen LogP contribution in [-0.2, 0) is 11.3 Å². The van der Waals surface area contributed by atoms with E-state index < -0.39 is 17.8 Å². The number of carbonyl (C=O) groups is 2. The molecule has 0 spiro atoms. The van der Waals surface area contributed by atoms with E-state index in [1.54, 1.807) is 17.8 Å². The SMILES string of the molecule is CCn1cc(C(=O)C(=O)NC(C)CC(O)c2ccccc2)cn1. The molecule has 1 amide bonds. The van der Waals surface area contributed by atoms with Gasteiger partial charge >= 0.3 is 0 Å². The van der Waals surface area contributed by atoms with Gasteiger partial charge in [0.05, 0.1) is 17.9 Å². The summed E-state index contributed by atoms with van der Waals surface area (Å²) < 4.78 is 1.59. The minimum Gasteiger partial charge on any atom is -0.388 e. The minimum absolute atomic E-state index is 0.264. The van der Waals surface area contributed by atoms with Gasteiger partial charge in [0.1, 0.15) is 0 Å². The maximum Gasteiger partial charge on any atom is 0.292 e. The lowest BCUT2D eigenvalue weighted by molar-refractivity contribution is -0.117. The van der Waals surface area contributed by atoms with Crippen molar-refractivity contribution in [3.05, 3.63) is 53.9 Å². The highest BCUT2D eigenvalue weighted by Crippen LogP contribution is 2.17. The number of amides is 1. The number of carbonyl (C=O) groups excluding carboxylic acids is 2. The average Bonchev–Trinajstić information content (AvgIpc) is 3.03. The summed E-state index contributed by atoms with van der Waals surface area (Å²) in [4.78, 5) is 24.0. The molecule has 6 heteroatoms. The van der Waals surface area contributed by atoms with Crippen molar-refractivity contribution in [1.29, 1.82) is 0 Å². The molecule has 0 fully saturated rings. The third-order valence-corrected chi connectivity index (χ3v) is 3.56. The second-order valence-corrected chi connectivity index (χ2v) is 5.45. The van der Waals surface area contributed by atoms with Crippen LogP contribution in [0.3, 0.4) is 0 Å². The predicted octanol–water partition coefficient (Wildman–Crippen LogP) is 1.71. The molecule has 6 nitrogen and oxygen atoms in total. The van der Waals surface area contributed by atoms with Crippen LogP contribution in [0, 0.1) is 0 Å². The van der Waals surface area contributed by atoms with E-state index in [1.807, 2.05) is 37.3 Å². The Morgan fingerprint density at radius 1 is 1.30 bits per heavy atom. The lowest BCUT2D eigenvalue weighted by Crippen LogP contribution is -2.38. The van der Waals surface area contributed by atoms with Crippen molar-refractivity contribution >= 4 is 11.7 Å². The number of benzene rings is 1. The molecule has 1 aromatic heterocycles. The summed E-state index contributed by atoms with van der Waals surface area (Å²) >= 11 is 0. The van der Waals surface area contributed by atoms with Crippen LogP contribution in [0.25, 0.3) is 0 Å². The van der Waals surface area contributed by atoms with E-state index in [0.29, 0.717) is 13.0 Å². The fourth-order valence-electron chi connectivity index (χ4n) is 2.28. The number of aliphatic hydroxyl groups excluding tert-OH is 1. The van der Waals surface area contributed by atoms with E-state index in [1.165, 1.54) is 6.20 Å². The van der Waals surface area contributed by atoms with Crippen molar-refractivity contribution in [1.82, 2.24) is 15.1 Å². The molecule has 0 saturated carbocycles. The number of aliphatic hydroxyl groups is 1. The quantitative estimate of drug-likeness (QED) is 0.602. The van der Waals surface area contributed by atoms with Gasteiger partial charge in [-0.05, 0) is 25.8 Å². The Morgan fingerprint density at radius 3 is 2.61 bits per heavy atom. The van der Waals surface area contributed by atoms with Gasteiger partial charge in [-0.15, -0.1) is 0 Å². The number of ketones is 1. The number of hydrogen-bond donors (Lipinski definition) is 2. The number of nitrogens with one attached hydrogen (secondary N) is 1. The lowest BCUT2D eigenvalue weighted by Gasteiger charge is -2.17. The highest BCUT2D eigenvalue weighted by Gasteiger charge is 2.21. The number of hydrogen-bond acceptors (Lipinski definition) is 4. The molecule has 0 radical (unpaired) electrons. The van der Waals surface area contributed by atoms with Crippen LogP contribution in [-0.4, -0.2) is 32.6 Å². The van der Waals surface area contributed by atoms with Gasteiger partial charge in [-0.25, -0.2) is 0 Å². The van der Waals surface area contributed by atoms with Gasteiger partial charge < -0.3 is 10.4 Å². The van der Waals surface area contributed by atoms with Crippen molar-refractivity contribution in [3.63, 3.8) is 0 Å². The molecule has 0 aliphatic rings. The summed E-state index contributed by atoms with van der Waals surface area (Å²) in [5.41, 5.74) is 1.05. The monoisotopic (exact) mass is 315 g/mol. The fraction of sp³-hybridized carbons (Fsp3) is 0.353. The van der Waals surface area contributed by atoms with Gasteiger partial charge in [0.25, 0.3) is 11.7 Å². The summed E-state index contributed by atoms with van der Waals surface area (Å²) in [5, 5.41) is 16.7. The van der Waals surface area contributed by atoms with Crippen LogP contribution in [0.4, 0.5) is 0 Å². The molecule has 2 N–H and O–H groups in total. The Kier molecular flexibility index (Phi) is 5.65. The highest BCUT2D eigenvalue weighted by molar-refractivity contribution is 6.42. The third kappa shape index (κ3) is 4.50. The summed E-state index contributed by atoms with van der Waals surface area (Å²) in [6.07, 6.45) is 2.57. The van der Waals surface area contributed by atoms with Crippen molar-refractivity contribution in [3.8, 4) is 0 Å². The van der Waals surface area contributed by atoms with Crippen LogP contribution in [0.5, 0.6) is 0 Å². The van der Waals surface area contributed by atoms with Gasteiger partial charge in [-0.2, -0.15) is 5.10 Å². The molecular weight excluding hydrogens is 294 g/mol. The topological polar surface area (TPSA) is 84.2 Å². The Bertz CT molecular complexity index is 667. The normalized spacial score (nSPS) is 13.3. The molecule has 1 heterocycles. The second-order valence-electron chi connectivity index (χ2n) is 5.45. The summed E-state index contributed by atoms with van der Waals surface area (Å²) in [6.45, 7) is 4.29. The summed E-state index contributed by atoms with van der Waals surface area (Å²) in [7, 11) is 0. The number of Topliss-reactive ketones (excluding diaryl/α,β-unsaturated/α-hetero) is 1. The molecule has 23 heavy (non-hydrogen) atoms. The maximum atomic E-state index is 12.0. The fourth-order valence-corrected chi connectivity index (χ4v) is 2.28. The third-order valence-electron chi connectivity index (χ3n) is 3.56. The molecular formula is C17H21N3O3. The van der Waals surface area contributed by atoms with Crippen LogP contribution < -0.4 is 5.32 Å². The number of aryl methyl sites for hydroxylation is 1. The molecule has 2 rings (SSSR count). The van der Waals surface area contributed by atoms with E-state index >= 15 is 0 Å². The zero-order valence-electron chi connectivity index (χ0n) is 13.3. The molecule has 1 aromatic carbocycles. The van der Waals surface area contributed by atoms with Gasteiger partial charge in [0, 0.05) is 18.8 Å². The molecule has 2 aromatic rings. The Hall–Kier alpha value is -2.47. The summed E-state index contributed by atoms with van der Waals surface area (Å²) in [6, 6.07) is 8.87. The van der Waals surface area contributed by atoms with E-state index in [0.717, 1.165) is 5.56 Å². The second kappa shape index (κ2) is 7.69. The van der Waals surface area contributed by atoms with Crippen molar-refractivity contribution < 1.29 is 14.7 Å². The lowest BCUT2D eigenvalue weighted by atomic mass is 10.0. The maximum absolute atomic E-state index is 12.0. The van der Waals surface area contributed by atoms with Crippen LogP contribution in [0.1, 0.15) is 42.3 Å². The van der Waals surface area contributed by atoms with E-state index in [9.17, 15) is 14.7 Å². The van der Waals surface area contributed by atoms with E-state index in [4.69, 9.17) is 0 Å². The first kappa shape index (κ1) is 16.9. The Morgan fingerprint density at radius 2 is 2.00 bits per heavy atom. The van der Waals surface area contributed by atoms with Gasteiger partial charge in [-0.3, -0.25) is 14.3 Å². The van der Waals surface area contributed by atoms with Gasteiger partial charge in [0.15, 0.2) is 0 Å². The summed E-state index contributed by atoms with van der Waals surface area (Å²) in [5.74, 6) is -1.31. The Balaban J connectivity index is 1.90. The Labute approximate surface area is 135 Å². The molecule has 0 aliphatic heterocycles. The highest BCUT2D eigenvalue weighted by atomic mass is 16.3. The average molecular weight is 315 g/mol. The van der Waals surface area contributed by atoms with E-state index in [-0.39, 0.29) is 11.6 Å². The largest absolute Gasteiger partial charge is 0.388 e. The zero-order chi connectivity index (χ0) is 16.8. The first-order chi connectivity index (χ1) is 11.0. The van der Waals surface area contributed by atoms with Crippen molar-refractivity contribution in [2.45, 2.75) is 39.0 Å². The van der Waals surface area contributed by atoms with Crippen molar-refractivity contribution in [2.24, 2.45) is 0 Å². The van der Waals surface area contributed by atoms with Crippen LogP contribution in [0.2, 0.25) is 0 Å². The first-order valence-electron chi connectivity index (χ1n) is 7.62. The smallest absolute Gasteiger partial charge is 0.292 e. The predicted molar refractivity (Wildman–Crippen MR) is 85.9 cm³/mol. The molecule has 0 saturated heterocycles. The standard InChI is InChI=1S/C17H21N3O3/c1-3-20-11-14(10-18-20)16(22)17(23)19-12(2)9-15(21)13-7-5-4-6-8-13/h4-8,10-12,15,21H,3,9H2,1-2H3,(H,19,23). The molecule has 2 atom stereocenters. The van der Waals surface area contributed by atoms with Crippen LogP contribution >= 0.6 is 0 Å². The van der Waals surface area contributed by atoms with Crippen LogP contribution in [0.15, 0.2) is 42.7 Å². The minimum atomic E-state index is -0.690. The van der Waals surface area contributed by atoms with Gasteiger partial charge in [0.2, 0.25) is 0 Å². The number of nitrogens with zero attached hydrogens (tertiary/aromatic N) is 2. The molecule has 0 aliphatic carbocycles. The zero-order valence-corrected chi connectivity index (χ0v) is 13.3. The molecule has 122 valence electrons. The first-order valence-corrected chi connectivity index (χ1v) is 7.62. The number of rotatable bonds is 7. The van der Waals surface area contributed by atoms with Crippen molar-refractivity contribution in [2.75, 3.05) is 0 Å².